The van der Waals surface area contributed by atoms with Crippen LogP contribution in [-0.2, 0) is 6.42 Å². The molecule has 0 fully saturated rings. The number of nitriles is 1. The molecule has 25 heavy (non-hydrogen) atoms. The van der Waals surface area contributed by atoms with Crippen molar-refractivity contribution in [2.45, 2.75) is 30.3 Å². The fraction of sp³-hybridized carbons (Fsp3) is 0.278. The molecule has 4 nitrogen and oxygen atoms in total. The van der Waals surface area contributed by atoms with E-state index < -0.39 is 18.4 Å². The van der Waals surface area contributed by atoms with E-state index in [9.17, 15) is 13.9 Å². The highest BCUT2D eigenvalue weighted by Crippen LogP contribution is 2.51. The van der Waals surface area contributed by atoms with E-state index in [0.717, 1.165) is 0 Å². The van der Waals surface area contributed by atoms with Crippen LogP contribution < -0.4 is 4.74 Å². The zero-order chi connectivity index (χ0) is 18.2. The third kappa shape index (κ3) is 3.15. The summed E-state index contributed by atoms with van der Waals surface area (Å²) in [6.07, 6.45) is 2.28. The number of halogens is 2. The summed E-state index contributed by atoms with van der Waals surface area (Å²) in [5.41, 5.74) is 0.862. The maximum Gasteiger partial charge on any atom is 0.281 e. The van der Waals surface area contributed by atoms with Gasteiger partial charge in [0.05, 0.1) is 11.8 Å². The highest BCUT2D eigenvalue weighted by molar-refractivity contribution is 8.14. The van der Waals surface area contributed by atoms with E-state index in [-0.39, 0.29) is 27.5 Å². The number of ether oxygens (including phenoxy) is 1. The van der Waals surface area contributed by atoms with Gasteiger partial charge in [0.15, 0.2) is 0 Å². The highest BCUT2D eigenvalue weighted by atomic mass is 32.2. The Balaban J connectivity index is 2.10. The van der Waals surface area contributed by atoms with Gasteiger partial charge in [-0.2, -0.15) is 15.7 Å². The summed E-state index contributed by atoms with van der Waals surface area (Å²) in [6.45, 7) is 1.86. The molecular formula is C18H16F2N2O2S. The highest BCUT2D eigenvalue weighted by Gasteiger charge is 2.49. The van der Waals surface area contributed by atoms with Crippen molar-refractivity contribution >= 4 is 15.9 Å². The maximum atomic E-state index is 14.1. The van der Waals surface area contributed by atoms with Gasteiger partial charge in [0.2, 0.25) is 0 Å². The van der Waals surface area contributed by atoms with Crippen LogP contribution in [0.15, 0.2) is 35.5 Å². The predicted molar refractivity (Wildman–Crippen MR) is 92.6 cm³/mol. The fourth-order valence-electron chi connectivity index (χ4n) is 2.81. The number of rotatable bonds is 3. The molecule has 7 heteroatoms. The molecule has 0 saturated carbocycles. The van der Waals surface area contributed by atoms with Gasteiger partial charge in [0, 0.05) is 34.7 Å². The van der Waals surface area contributed by atoms with Crippen LogP contribution in [0.2, 0.25) is 0 Å². The van der Waals surface area contributed by atoms with Crippen LogP contribution in [0, 0.1) is 11.3 Å². The van der Waals surface area contributed by atoms with Gasteiger partial charge < -0.3 is 9.84 Å². The van der Waals surface area contributed by atoms with Crippen LogP contribution in [0.3, 0.4) is 0 Å². The standard InChI is InChI=1S/C18H16F2N2O2S/c1-3-25(2)15-5-4-14(13-7-18(19,20)17(23)16(13)15)24-12-6-11(8-21)9-22-10-12/h3-6,9-10,17,23H,7H2,1-2H3/t17-,25?/m0/s1. The number of aliphatic hydroxyl groups excluding tert-OH is 1. The van der Waals surface area contributed by atoms with E-state index in [2.05, 4.69) is 4.98 Å². The van der Waals surface area contributed by atoms with E-state index in [4.69, 9.17) is 10.00 Å². The van der Waals surface area contributed by atoms with E-state index in [1.165, 1.54) is 18.5 Å². The first-order valence-electron chi connectivity index (χ1n) is 7.56. The van der Waals surface area contributed by atoms with Crippen molar-refractivity contribution in [3.8, 4) is 17.6 Å². The minimum Gasteiger partial charge on any atom is -0.455 e. The summed E-state index contributed by atoms with van der Waals surface area (Å²) in [4.78, 5) is 4.59. The van der Waals surface area contributed by atoms with Crippen LogP contribution in [0.5, 0.6) is 11.5 Å². The summed E-state index contributed by atoms with van der Waals surface area (Å²) in [5, 5.41) is 21.0. The molecule has 2 atom stereocenters. The Morgan fingerprint density at radius 1 is 1.44 bits per heavy atom. The predicted octanol–water partition coefficient (Wildman–Crippen LogP) is 4.05. The van der Waals surface area contributed by atoms with Crippen LogP contribution in [0.4, 0.5) is 8.78 Å². The molecule has 0 radical (unpaired) electrons. The third-order valence-corrected chi connectivity index (χ3v) is 5.89. The topological polar surface area (TPSA) is 66.1 Å². The van der Waals surface area contributed by atoms with Crippen molar-refractivity contribution in [1.82, 2.24) is 4.98 Å². The Labute approximate surface area is 146 Å². The SMILES string of the molecule is C/C=S(/C)c1ccc(Oc2cncc(C#N)c2)c2c1[C@H](O)C(F)(F)C2. The summed E-state index contributed by atoms with van der Waals surface area (Å²) < 4.78 is 34.0. The molecule has 1 aliphatic rings. The van der Waals surface area contributed by atoms with Crippen molar-refractivity contribution in [1.29, 1.82) is 5.26 Å². The number of nitrogens with zero attached hydrogens (tertiary/aromatic N) is 2. The smallest absolute Gasteiger partial charge is 0.281 e. The minimum atomic E-state index is -3.23. The lowest BCUT2D eigenvalue weighted by Gasteiger charge is -2.17. The van der Waals surface area contributed by atoms with Crippen LogP contribution in [0.25, 0.3) is 0 Å². The molecule has 1 aliphatic carbocycles. The fourth-order valence-corrected chi connectivity index (χ4v) is 3.93. The molecule has 0 aliphatic heterocycles. The number of benzene rings is 1. The minimum absolute atomic E-state index is 0.246. The largest absolute Gasteiger partial charge is 0.455 e. The number of pyridine rings is 1. The summed E-state index contributed by atoms with van der Waals surface area (Å²) in [6, 6.07) is 6.78. The van der Waals surface area contributed by atoms with Crippen molar-refractivity contribution < 1.29 is 18.6 Å². The van der Waals surface area contributed by atoms with Crippen LogP contribution in [0.1, 0.15) is 29.7 Å². The number of alkyl halides is 2. The van der Waals surface area contributed by atoms with Gasteiger partial charge in [0.1, 0.15) is 23.7 Å². The quantitative estimate of drug-likeness (QED) is 0.837. The average molecular weight is 362 g/mol. The van der Waals surface area contributed by atoms with E-state index in [1.54, 1.807) is 12.1 Å². The summed E-state index contributed by atoms with van der Waals surface area (Å²) in [5.74, 6) is -2.70. The van der Waals surface area contributed by atoms with Gasteiger partial charge in [-0.05, 0) is 25.3 Å². The Morgan fingerprint density at radius 3 is 2.88 bits per heavy atom. The van der Waals surface area contributed by atoms with Crippen LogP contribution in [-0.4, -0.2) is 27.6 Å². The molecule has 130 valence electrons. The molecule has 1 aromatic heterocycles. The Kier molecular flexibility index (Phi) is 4.58. The molecule has 0 amide bonds. The van der Waals surface area contributed by atoms with Gasteiger partial charge in [-0.25, -0.2) is 8.78 Å². The first-order chi connectivity index (χ1) is 11.9. The number of aliphatic hydroxyl groups is 1. The average Bonchev–Trinajstić information content (AvgIpc) is 2.85. The molecule has 3 rings (SSSR count). The second-order valence-corrected chi connectivity index (χ2v) is 7.74. The lowest BCUT2D eigenvalue weighted by atomic mass is 10.1. The van der Waals surface area contributed by atoms with Crippen molar-refractivity contribution in [2.75, 3.05) is 6.26 Å². The van der Waals surface area contributed by atoms with Gasteiger partial charge >= 0.3 is 0 Å². The first kappa shape index (κ1) is 17.5. The molecular weight excluding hydrogens is 346 g/mol. The number of aromatic nitrogens is 1. The molecule has 0 bridgehead atoms. The maximum absolute atomic E-state index is 14.1. The van der Waals surface area contributed by atoms with Crippen molar-refractivity contribution in [3.63, 3.8) is 0 Å². The molecule has 0 saturated heterocycles. The molecule has 2 aromatic rings. The summed E-state index contributed by atoms with van der Waals surface area (Å²) >= 11 is 0. The van der Waals surface area contributed by atoms with Gasteiger partial charge in [-0.1, -0.05) is 5.37 Å². The molecule has 1 aromatic carbocycles. The third-order valence-electron chi connectivity index (χ3n) is 4.13. The lowest BCUT2D eigenvalue weighted by Crippen LogP contribution is -2.21. The molecule has 1 heterocycles. The first-order valence-corrected chi connectivity index (χ1v) is 9.26. The Morgan fingerprint density at radius 2 is 2.20 bits per heavy atom. The second kappa shape index (κ2) is 6.54. The van der Waals surface area contributed by atoms with Crippen LogP contribution >= 0.6 is 10.5 Å². The monoisotopic (exact) mass is 362 g/mol. The second-order valence-electron chi connectivity index (χ2n) is 5.71. The zero-order valence-electron chi connectivity index (χ0n) is 13.7. The summed E-state index contributed by atoms with van der Waals surface area (Å²) in [7, 11) is -0.365. The Bertz CT molecular complexity index is 906. The van der Waals surface area contributed by atoms with Crippen molar-refractivity contribution in [3.05, 3.63) is 47.3 Å². The van der Waals surface area contributed by atoms with Gasteiger partial charge in [-0.15, -0.1) is 0 Å². The number of hydrogen-bond donors (Lipinski definition) is 1. The zero-order valence-corrected chi connectivity index (χ0v) is 14.5. The number of fused-ring (bicyclic) bond motifs is 1. The molecule has 1 N–H and O–H groups in total. The lowest BCUT2D eigenvalue weighted by molar-refractivity contribution is -0.0976. The molecule has 0 spiro atoms. The van der Waals surface area contributed by atoms with E-state index in [0.29, 0.717) is 16.0 Å². The van der Waals surface area contributed by atoms with E-state index >= 15 is 0 Å². The normalized spacial score (nSPS) is 19.3. The molecule has 1 unspecified atom stereocenters. The van der Waals surface area contributed by atoms with Gasteiger partial charge in [-0.3, -0.25) is 4.98 Å². The van der Waals surface area contributed by atoms with Crippen molar-refractivity contribution in [2.24, 2.45) is 0 Å². The van der Waals surface area contributed by atoms with Gasteiger partial charge in [0.25, 0.3) is 5.92 Å². The Hall–Kier alpha value is -2.30. The van der Waals surface area contributed by atoms with E-state index in [1.807, 2.05) is 24.6 Å². The number of hydrogen-bond acceptors (Lipinski definition) is 4.